The zero-order chi connectivity index (χ0) is 26.3. The molecular formula is C33H54O3. The summed E-state index contributed by atoms with van der Waals surface area (Å²) in [6.07, 6.45) is 20.8. The van der Waals surface area contributed by atoms with Crippen molar-refractivity contribution in [3.8, 4) is 0 Å². The van der Waals surface area contributed by atoms with Gasteiger partial charge in [0, 0.05) is 12.8 Å². The predicted octanol–water partition coefficient (Wildman–Crippen LogP) is 8.87. The second kappa shape index (κ2) is 12.9. The highest BCUT2D eigenvalue weighted by molar-refractivity contribution is 5.69. The molecule has 0 bridgehead atoms. The van der Waals surface area contributed by atoms with E-state index in [1.165, 1.54) is 49.7 Å². The van der Waals surface area contributed by atoms with Gasteiger partial charge in [0.05, 0.1) is 5.60 Å². The number of carbonyl (C=O) groups is 1. The Kier molecular flexibility index (Phi) is 10.5. The number of aliphatic hydroxyl groups is 1. The molecule has 0 aromatic heterocycles. The Morgan fingerprint density at radius 3 is 2.69 bits per heavy atom. The van der Waals surface area contributed by atoms with E-state index in [0.29, 0.717) is 23.7 Å². The summed E-state index contributed by atoms with van der Waals surface area (Å²) in [4.78, 5) is 12.3. The first-order valence-electron chi connectivity index (χ1n) is 15.0. The molecule has 3 aliphatic carbocycles. The number of allylic oxidation sites excluding steroid dienone is 4. The van der Waals surface area contributed by atoms with Gasteiger partial charge >= 0.3 is 5.97 Å². The molecule has 204 valence electrons. The molecule has 36 heavy (non-hydrogen) atoms. The Morgan fingerprint density at radius 1 is 1.19 bits per heavy atom. The fourth-order valence-corrected chi connectivity index (χ4v) is 7.52. The molecule has 0 unspecified atom stereocenters. The van der Waals surface area contributed by atoms with E-state index < -0.39 is 5.60 Å². The number of esters is 1. The fourth-order valence-electron chi connectivity index (χ4n) is 7.52. The van der Waals surface area contributed by atoms with Gasteiger partial charge < -0.3 is 9.84 Å². The lowest BCUT2D eigenvalue weighted by Crippen LogP contribution is -2.36. The van der Waals surface area contributed by atoms with Crippen molar-refractivity contribution in [2.45, 2.75) is 143 Å². The van der Waals surface area contributed by atoms with Gasteiger partial charge in [-0.25, -0.2) is 0 Å². The first-order chi connectivity index (χ1) is 17.0. The molecule has 3 fully saturated rings. The summed E-state index contributed by atoms with van der Waals surface area (Å²) < 4.78 is 5.83. The molecule has 0 saturated heterocycles. The number of unbranched alkanes of at least 4 members (excludes halogenated alkanes) is 2. The molecule has 0 heterocycles. The van der Waals surface area contributed by atoms with Crippen LogP contribution in [0, 0.1) is 23.2 Å². The van der Waals surface area contributed by atoms with Crippen LogP contribution in [0.15, 0.2) is 35.5 Å². The number of carbonyl (C=O) groups excluding carboxylic acids is 1. The Hall–Kier alpha value is -1.35. The summed E-state index contributed by atoms with van der Waals surface area (Å²) in [6, 6.07) is 0. The van der Waals surface area contributed by atoms with Crippen LogP contribution in [0.1, 0.15) is 131 Å². The average molecular weight is 499 g/mol. The van der Waals surface area contributed by atoms with Gasteiger partial charge in [-0.05, 0) is 100 Å². The van der Waals surface area contributed by atoms with Gasteiger partial charge in [-0.1, -0.05) is 76.3 Å². The van der Waals surface area contributed by atoms with Crippen molar-refractivity contribution in [2.75, 3.05) is 0 Å². The largest absolute Gasteiger partial charge is 0.462 e. The van der Waals surface area contributed by atoms with Gasteiger partial charge in [-0.3, -0.25) is 4.79 Å². The van der Waals surface area contributed by atoms with Crippen molar-refractivity contribution in [3.05, 3.63) is 35.5 Å². The lowest BCUT2D eigenvalue weighted by molar-refractivity contribution is -0.149. The SMILES string of the molecule is C=C1CC[C@H](OC(=O)CCCCC)C/C1=C/C=C1\CCC[C@]2(C)[C@@H]([C@H](C)CCCC(C)(C)O)CC[C@@H]12. The Bertz CT molecular complexity index is 813. The van der Waals surface area contributed by atoms with E-state index in [4.69, 9.17) is 4.74 Å². The normalized spacial score (nSPS) is 32.1. The molecule has 0 amide bonds. The van der Waals surface area contributed by atoms with Crippen LogP contribution in [0.25, 0.3) is 0 Å². The first-order valence-corrected chi connectivity index (χ1v) is 15.0. The van der Waals surface area contributed by atoms with Gasteiger partial charge in [0.25, 0.3) is 0 Å². The Morgan fingerprint density at radius 2 is 1.97 bits per heavy atom. The standard InChI is InChI=1S/C33H54O3/c1-7-8-9-14-31(34)36-28-18-15-24(2)27(23-28)17-16-26-13-11-22-33(6)29(19-20-30(26)33)25(3)12-10-21-32(4,5)35/h16-17,25,28-30,35H,2,7-15,18-23H2,1,3-6H3/b26-16+,27-17-/t25-,28+,29-,30+,33-/m1/s1. The van der Waals surface area contributed by atoms with Crippen molar-refractivity contribution >= 4 is 5.97 Å². The fraction of sp³-hybridized carbons (Fsp3) is 0.788. The topological polar surface area (TPSA) is 46.5 Å². The van der Waals surface area contributed by atoms with Crippen LogP contribution < -0.4 is 0 Å². The highest BCUT2D eigenvalue weighted by atomic mass is 16.5. The zero-order valence-corrected chi connectivity index (χ0v) is 24.0. The van der Waals surface area contributed by atoms with E-state index in [1.807, 2.05) is 13.8 Å². The molecule has 5 atom stereocenters. The lowest BCUT2D eigenvalue weighted by atomic mass is 9.60. The van der Waals surface area contributed by atoms with Crippen LogP contribution in [0.5, 0.6) is 0 Å². The quantitative estimate of drug-likeness (QED) is 0.228. The summed E-state index contributed by atoms with van der Waals surface area (Å²) in [5, 5.41) is 10.1. The van der Waals surface area contributed by atoms with Gasteiger partial charge in [-0.15, -0.1) is 0 Å². The minimum absolute atomic E-state index is 0.00603. The van der Waals surface area contributed by atoms with Gasteiger partial charge in [0.1, 0.15) is 6.10 Å². The minimum Gasteiger partial charge on any atom is -0.462 e. The maximum Gasteiger partial charge on any atom is 0.306 e. The summed E-state index contributed by atoms with van der Waals surface area (Å²) in [5.41, 5.74) is 3.98. The van der Waals surface area contributed by atoms with Crippen molar-refractivity contribution < 1.29 is 14.6 Å². The van der Waals surface area contributed by atoms with E-state index >= 15 is 0 Å². The number of rotatable bonds is 11. The monoisotopic (exact) mass is 498 g/mol. The van der Waals surface area contributed by atoms with Crippen LogP contribution in [0.2, 0.25) is 0 Å². The predicted molar refractivity (Wildman–Crippen MR) is 151 cm³/mol. The minimum atomic E-state index is -0.550. The number of ether oxygens (including phenoxy) is 1. The third kappa shape index (κ3) is 7.83. The van der Waals surface area contributed by atoms with Crippen LogP contribution in [-0.2, 0) is 9.53 Å². The van der Waals surface area contributed by atoms with Crippen LogP contribution >= 0.6 is 0 Å². The zero-order valence-electron chi connectivity index (χ0n) is 24.0. The van der Waals surface area contributed by atoms with Crippen LogP contribution in [-0.4, -0.2) is 22.8 Å². The molecule has 1 N–H and O–H groups in total. The Labute approximate surface area is 221 Å². The van der Waals surface area contributed by atoms with Gasteiger partial charge in [0.2, 0.25) is 0 Å². The Balaban J connectivity index is 1.62. The number of hydrogen-bond acceptors (Lipinski definition) is 3. The molecule has 0 aliphatic heterocycles. The van der Waals surface area contributed by atoms with Crippen LogP contribution in [0.4, 0.5) is 0 Å². The second-order valence-corrected chi connectivity index (χ2v) is 13.1. The van der Waals surface area contributed by atoms with Gasteiger partial charge in [-0.2, -0.15) is 0 Å². The average Bonchev–Trinajstić information content (AvgIpc) is 3.16. The van der Waals surface area contributed by atoms with Gasteiger partial charge in [0.15, 0.2) is 0 Å². The smallest absolute Gasteiger partial charge is 0.306 e. The maximum atomic E-state index is 12.3. The molecule has 3 heteroatoms. The summed E-state index contributed by atoms with van der Waals surface area (Å²) in [7, 11) is 0. The van der Waals surface area contributed by atoms with E-state index in [1.54, 1.807) is 5.57 Å². The van der Waals surface area contributed by atoms with E-state index in [-0.39, 0.29) is 12.1 Å². The van der Waals surface area contributed by atoms with E-state index in [0.717, 1.165) is 57.3 Å². The molecule has 3 aliphatic rings. The van der Waals surface area contributed by atoms with Crippen molar-refractivity contribution in [3.63, 3.8) is 0 Å². The lowest BCUT2D eigenvalue weighted by Gasteiger charge is -2.44. The van der Waals surface area contributed by atoms with Crippen LogP contribution in [0.3, 0.4) is 0 Å². The molecule has 3 saturated carbocycles. The molecule has 0 aromatic carbocycles. The number of fused-ring (bicyclic) bond motifs is 1. The summed E-state index contributed by atoms with van der Waals surface area (Å²) >= 11 is 0. The first kappa shape index (κ1) is 29.2. The molecule has 0 aromatic rings. The maximum absolute atomic E-state index is 12.3. The molecule has 3 rings (SSSR count). The highest BCUT2D eigenvalue weighted by Gasteiger charge is 2.50. The van der Waals surface area contributed by atoms with Crippen molar-refractivity contribution in [1.29, 1.82) is 0 Å². The number of hydrogen-bond donors (Lipinski definition) is 1. The summed E-state index contributed by atoms with van der Waals surface area (Å²) in [5.74, 6) is 2.15. The molecule has 0 spiro atoms. The third-order valence-electron chi connectivity index (χ3n) is 9.62. The molecular weight excluding hydrogens is 444 g/mol. The van der Waals surface area contributed by atoms with E-state index in [9.17, 15) is 9.90 Å². The van der Waals surface area contributed by atoms with E-state index in [2.05, 4.69) is 39.5 Å². The third-order valence-corrected chi connectivity index (χ3v) is 9.62. The second-order valence-electron chi connectivity index (χ2n) is 13.1. The molecule has 3 nitrogen and oxygen atoms in total. The highest BCUT2D eigenvalue weighted by Crippen LogP contribution is 2.60. The summed E-state index contributed by atoms with van der Waals surface area (Å²) in [6.45, 7) is 15.4. The molecule has 0 radical (unpaired) electrons. The van der Waals surface area contributed by atoms with Crippen molar-refractivity contribution in [1.82, 2.24) is 0 Å². The van der Waals surface area contributed by atoms with Crippen molar-refractivity contribution in [2.24, 2.45) is 23.2 Å².